The molecule has 20 heavy (non-hydrogen) atoms. The van der Waals surface area contributed by atoms with Crippen LogP contribution in [0, 0.1) is 5.82 Å². The molecule has 0 fully saturated rings. The molecule has 0 aliphatic rings. The Morgan fingerprint density at radius 3 is 2.90 bits per heavy atom. The molecule has 1 heterocycles. The zero-order valence-electron chi connectivity index (χ0n) is 10.1. The van der Waals surface area contributed by atoms with Gasteiger partial charge in [-0.05, 0) is 12.1 Å². The summed E-state index contributed by atoms with van der Waals surface area (Å²) in [4.78, 5) is 10.5. The molecule has 0 saturated carbocycles. The van der Waals surface area contributed by atoms with Gasteiger partial charge in [0.1, 0.15) is 5.82 Å². The summed E-state index contributed by atoms with van der Waals surface area (Å²) in [5, 5.41) is 16.7. The lowest BCUT2D eigenvalue weighted by atomic mass is 10.1. The minimum absolute atomic E-state index is 0.0721. The van der Waals surface area contributed by atoms with Gasteiger partial charge in [0.15, 0.2) is 5.82 Å². The standard InChI is InChI=1S/C11H10ClFN4O2S/c12-7-2-1-3-8(13)6(7)4-9-15-16-11(17(9)14)20-5-10(18)19/h1-3H,4-5,14H2,(H,18,19). The second-order valence-electron chi connectivity index (χ2n) is 3.83. The highest BCUT2D eigenvalue weighted by molar-refractivity contribution is 7.99. The van der Waals surface area contributed by atoms with Crippen molar-refractivity contribution < 1.29 is 14.3 Å². The van der Waals surface area contributed by atoms with Crippen LogP contribution in [0.25, 0.3) is 0 Å². The number of halogens is 2. The number of carbonyl (C=O) groups is 1. The molecule has 0 spiro atoms. The predicted octanol–water partition coefficient (Wildman–Crippen LogP) is 1.55. The van der Waals surface area contributed by atoms with Crippen molar-refractivity contribution in [3.8, 4) is 0 Å². The molecule has 2 aromatic rings. The second-order valence-corrected chi connectivity index (χ2v) is 5.18. The molecule has 0 unspecified atom stereocenters. The number of carboxylic acids is 1. The molecule has 1 aromatic carbocycles. The number of aromatic nitrogens is 3. The Balaban J connectivity index is 2.20. The largest absolute Gasteiger partial charge is 0.481 e. The average molecular weight is 317 g/mol. The third-order valence-corrected chi connectivity index (χ3v) is 3.74. The highest BCUT2D eigenvalue weighted by atomic mass is 35.5. The van der Waals surface area contributed by atoms with E-state index in [4.69, 9.17) is 22.6 Å². The van der Waals surface area contributed by atoms with Crippen molar-refractivity contribution in [3.63, 3.8) is 0 Å². The molecule has 0 aliphatic carbocycles. The molecule has 106 valence electrons. The number of nitrogens with two attached hydrogens (primary N) is 1. The van der Waals surface area contributed by atoms with Gasteiger partial charge in [0, 0.05) is 17.0 Å². The average Bonchev–Trinajstić information content (AvgIpc) is 2.73. The van der Waals surface area contributed by atoms with Gasteiger partial charge >= 0.3 is 5.97 Å². The van der Waals surface area contributed by atoms with E-state index in [1.165, 1.54) is 12.1 Å². The van der Waals surface area contributed by atoms with Gasteiger partial charge in [-0.25, -0.2) is 9.07 Å². The van der Waals surface area contributed by atoms with Crippen LogP contribution in [0.3, 0.4) is 0 Å². The number of rotatable bonds is 5. The van der Waals surface area contributed by atoms with Gasteiger partial charge < -0.3 is 10.9 Å². The molecule has 0 bridgehead atoms. The number of hydrogen-bond donors (Lipinski definition) is 2. The third kappa shape index (κ3) is 3.20. The van der Waals surface area contributed by atoms with Gasteiger partial charge in [-0.15, -0.1) is 10.2 Å². The maximum Gasteiger partial charge on any atom is 0.313 e. The van der Waals surface area contributed by atoms with Crippen LogP contribution in [0.15, 0.2) is 23.4 Å². The van der Waals surface area contributed by atoms with E-state index in [0.29, 0.717) is 5.82 Å². The van der Waals surface area contributed by atoms with Crippen molar-refractivity contribution in [2.45, 2.75) is 11.6 Å². The Morgan fingerprint density at radius 1 is 1.50 bits per heavy atom. The maximum absolute atomic E-state index is 13.7. The first kappa shape index (κ1) is 14.6. The van der Waals surface area contributed by atoms with Crippen molar-refractivity contribution >= 4 is 29.3 Å². The summed E-state index contributed by atoms with van der Waals surface area (Å²) in [7, 11) is 0. The summed E-state index contributed by atoms with van der Waals surface area (Å²) in [5.41, 5.74) is 0.267. The minimum atomic E-state index is -0.989. The van der Waals surface area contributed by atoms with Crippen LogP contribution in [0.5, 0.6) is 0 Å². The number of nitrogens with zero attached hydrogens (tertiary/aromatic N) is 3. The molecule has 2 rings (SSSR count). The van der Waals surface area contributed by atoms with Crippen LogP contribution in [-0.4, -0.2) is 31.7 Å². The second kappa shape index (κ2) is 6.10. The van der Waals surface area contributed by atoms with E-state index in [0.717, 1.165) is 16.4 Å². The van der Waals surface area contributed by atoms with Gasteiger partial charge in [-0.1, -0.05) is 29.4 Å². The first-order valence-electron chi connectivity index (χ1n) is 5.46. The van der Waals surface area contributed by atoms with Crippen LogP contribution in [0.4, 0.5) is 4.39 Å². The molecule has 1 aromatic heterocycles. The Kier molecular flexibility index (Phi) is 4.46. The monoisotopic (exact) mass is 316 g/mol. The number of carboxylic acid groups (broad SMARTS) is 1. The number of nitrogen functional groups attached to an aromatic ring is 1. The summed E-state index contributed by atoms with van der Waals surface area (Å²) in [6, 6.07) is 4.36. The van der Waals surface area contributed by atoms with Crippen molar-refractivity contribution in [3.05, 3.63) is 40.4 Å². The lowest BCUT2D eigenvalue weighted by Crippen LogP contribution is -2.15. The number of thioether (sulfide) groups is 1. The maximum atomic E-state index is 13.7. The molecule has 0 radical (unpaired) electrons. The van der Waals surface area contributed by atoms with E-state index in [9.17, 15) is 9.18 Å². The van der Waals surface area contributed by atoms with Crippen LogP contribution >= 0.6 is 23.4 Å². The molecule has 0 amide bonds. The lowest BCUT2D eigenvalue weighted by molar-refractivity contribution is -0.133. The number of hydrogen-bond acceptors (Lipinski definition) is 5. The fourth-order valence-electron chi connectivity index (χ4n) is 1.51. The Bertz CT molecular complexity index is 629. The molecule has 6 nitrogen and oxygen atoms in total. The van der Waals surface area contributed by atoms with E-state index < -0.39 is 11.8 Å². The summed E-state index contributed by atoms with van der Waals surface area (Å²) >= 11 is 6.85. The van der Waals surface area contributed by atoms with Crippen molar-refractivity contribution in [1.29, 1.82) is 0 Å². The van der Waals surface area contributed by atoms with Crippen molar-refractivity contribution in [2.24, 2.45) is 0 Å². The molecule has 9 heteroatoms. The molecule has 0 aliphatic heterocycles. The van der Waals surface area contributed by atoms with Crippen LogP contribution < -0.4 is 5.84 Å². The van der Waals surface area contributed by atoms with Crippen molar-refractivity contribution in [1.82, 2.24) is 14.9 Å². The minimum Gasteiger partial charge on any atom is -0.481 e. The number of aliphatic carboxylic acids is 1. The van der Waals surface area contributed by atoms with E-state index in [-0.39, 0.29) is 27.9 Å². The van der Waals surface area contributed by atoms with Gasteiger partial charge in [0.05, 0.1) is 5.75 Å². The first-order chi connectivity index (χ1) is 9.49. The highest BCUT2D eigenvalue weighted by Crippen LogP contribution is 2.22. The van der Waals surface area contributed by atoms with Crippen LogP contribution in [0.2, 0.25) is 5.02 Å². The van der Waals surface area contributed by atoms with Gasteiger partial charge in [-0.3, -0.25) is 4.79 Å². The molecule has 0 atom stereocenters. The normalized spacial score (nSPS) is 10.7. The number of benzene rings is 1. The molecule has 3 N–H and O–H groups in total. The van der Waals surface area contributed by atoms with E-state index >= 15 is 0 Å². The summed E-state index contributed by atoms with van der Waals surface area (Å²) in [6.45, 7) is 0. The predicted molar refractivity (Wildman–Crippen MR) is 72.7 cm³/mol. The summed E-state index contributed by atoms with van der Waals surface area (Å²) in [6.07, 6.45) is 0.0721. The lowest BCUT2D eigenvalue weighted by Gasteiger charge is -2.06. The Morgan fingerprint density at radius 2 is 2.25 bits per heavy atom. The fourth-order valence-corrected chi connectivity index (χ4v) is 2.34. The van der Waals surface area contributed by atoms with E-state index in [1.807, 2.05) is 0 Å². The van der Waals surface area contributed by atoms with Crippen molar-refractivity contribution in [2.75, 3.05) is 11.6 Å². The van der Waals surface area contributed by atoms with Gasteiger partial charge in [-0.2, -0.15) is 0 Å². The smallest absolute Gasteiger partial charge is 0.313 e. The van der Waals surface area contributed by atoms with E-state index in [1.54, 1.807) is 6.07 Å². The molecular weight excluding hydrogens is 307 g/mol. The molecular formula is C11H10ClFN4O2S. The fraction of sp³-hybridized carbons (Fsp3) is 0.182. The SMILES string of the molecule is Nn1c(Cc2c(F)cccc2Cl)nnc1SCC(=O)O. The quantitative estimate of drug-likeness (QED) is 0.642. The van der Waals surface area contributed by atoms with Gasteiger partial charge in [0.2, 0.25) is 5.16 Å². The zero-order chi connectivity index (χ0) is 14.7. The van der Waals surface area contributed by atoms with Gasteiger partial charge in [0.25, 0.3) is 0 Å². The zero-order valence-corrected chi connectivity index (χ0v) is 11.7. The van der Waals surface area contributed by atoms with Crippen LogP contribution in [0.1, 0.15) is 11.4 Å². The van der Waals surface area contributed by atoms with Crippen LogP contribution in [-0.2, 0) is 11.2 Å². The summed E-state index contributed by atoms with van der Waals surface area (Å²) < 4.78 is 14.8. The Labute approximate surface area is 122 Å². The third-order valence-electron chi connectivity index (χ3n) is 2.46. The molecule has 0 saturated heterocycles. The van der Waals surface area contributed by atoms with E-state index in [2.05, 4.69) is 10.2 Å². The topological polar surface area (TPSA) is 94.0 Å². The first-order valence-corrected chi connectivity index (χ1v) is 6.82. The highest BCUT2D eigenvalue weighted by Gasteiger charge is 2.15. The summed E-state index contributed by atoms with van der Waals surface area (Å²) in [5.74, 6) is 4.41. The Hall–Kier alpha value is -1.80.